The third-order valence-electron chi connectivity index (χ3n) is 6.76. The topological polar surface area (TPSA) is 90.3 Å². The number of hydrogen-bond acceptors (Lipinski definition) is 5. The van der Waals surface area contributed by atoms with Gasteiger partial charge in [-0.05, 0) is 78.6 Å². The number of rotatable bonds is 14. The molecule has 1 N–H and O–H groups in total. The van der Waals surface area contributed by atoms with Crippen LogP contribution in [-0.4, -0.2) is 30.7 Å². The molecule has 0 saturated carbocycles. The smallest absolute Gasteiger partial charge is 0.264 e. The molecule has 41 heavy (non-hydrogen) atoms. The molecule has 1 heterocycles. The minimum atomic E-state index is -4.34. The van der Waals surface area contributed by atoms with Crippen LogP contribution in [0.15, 0.2) is 90.1 Å². The Balaban J connectivity index is 1.36. The molecule has 0 aliphatic heterocycles. The van der Waals surface area contributed by atoms with Gasteiger partial charge in [0.25, 0.3) is 10.0 Å². The SMILES string of the molecule is CC(CCCCOc1cc(Cn2cccn2)ccc1CCC(=O)NS(=O)(=O)c1ccc(F)c(F)c1)c1ccccc1. The maximum Gasteiger partial charge on any atom is 0.264 e. The Morgan fingerprint density at radius 1 is 1.00 bits per heavy atom. The highest BCUT2D eigenvalue weighted by Gasteiger charge is 2.20. The molecule has 0 spiro atoms. The molecule has 0 aliphatic carbocycles. The van der Waals surface area contributed by atoms with E-state index in [-0.39, 0.29) is 12.8 Å². The summed E-state index contributed by atoms with van der Waals surface area (Å²) < 4.78 is 61.5. The van der Waals surface area contributed by atoms with Crippen LogP contribution in [0.3, 0.4) is 0 Å². The third-order valence-corrected chi connectivity index (χ3v) is 8.13. The van der Waals surface area contributed by atoms with Gasteiger partial charge >= 0.3 is 0 Å². The summed E-state index contributed by atoms with van der Waals surface area (Å²) in [6.07, 6.45) is 6.52. The van der Waals surface area contributed by atoms with Crippen molar-refractivity contribution in [2.75, 3.05) is 6.61 Å². The van der Waals surface area contributed by atoms with Gasteiger partial charge in [0.15, 0.2) is 11.6 Å². The number of amides is 1. The summed E-state index contributed by atoms with van der Waals surface area (Å²) in [7, 11) is -4.34. The first kappa shape index (κ1) is 29.9. The lowest BCUT2D eigenvalue weighted by Gasteiger charge is -2.15. The van der Waals surface area contributed by atoms with Crippen LogP contribution in [0, 0.1) is 11.6 Å². The first-order valence-corrected chi connectivity index (χ1v) is 15.0. The Bertz CT molecular complexity index is 1550. The van der Waals surface area contributed by atoms with Crippen molar-refractivity contribution in [2.24, 2.45) is 0 Å². The zero-order valence-corrected chi connectivity index (χ0v) is 23.6. The van der Waals surface area contributed by atoms with E-state index in [0.29, 0.717) is 37.0 Å². The zero-order valence-electron chi connectivity index (χ0n) is 22.8. The van der Waals surface area contributed by atoms with Crippen molar-refractivity contribution in [3.05, 3.63) is 114 Å². The largest absolute Gasteiger partial charge is 0.493 e. The highest BCUT2D eigenvalue weighted by Crippen LogP contribution is 2.25. The van der Waals surface area contributed by atoms with E-state index in [4.69, 9.17) is 4.74 Å². The van der Waals surface area contributed by atoms with E-state index in [0.717, 1.165) is 36.5 Å². The van der Waals surface area contributed by atoms with E-state index in [1.807, 2.05) is 53.4 Å². The molecular formula is C31H33F2N3O4S. The van der Waals surface area contributed by atoms with Crippen molar-refractivity contribution in [1.82, 2.24) is 14.5 Å². The summed E-state index contributed by atoms with van der Waals surface area (Å²) in [4.78, 5) is 12.0. The molecule has 0 radical (unpaired) electrons. The monoisotopic (exact) mass is 581 g/mol. The maximum atomic E-state index is 13.5. The number of benzene rings is 3. The van der Waals surface area contributed by atoms with Crippen molar-refractivity contribution in [3.63, 3.8) is 0 Å². The van der Waals surface area contributed by atoms with Crippen LogP contribution >= 0.6 is 0 Å². The summed E-state index contributed by atoms with van der Waals surface area (Å²) in [5.74, 6) is -2.18. The van der Waals surface area contributed by atoms with Gasteiger partial charge in [-0.15, -0.1) is 0 Å². The number of hydrogen-bond donors (Lipinski definition) is 1. The van der Waals surface area contributed by atoms with E-state index in [1.54, 1.807) is 10.9 Å². The van der Waals surface area contributed by atoms with Crippen LogP contribution in [-0.2, 0) is 27.8 Å². The predicted octanol–water partition coefficient (Wildman–Crippen LogP) is 6.00. The fourth-order valence-corrected chi connectivity index (χ4v) is 5.48. The molecule has 3 aromatic carbocycles. The Kier molecular flexibility index (Phi) is 10.2. The number of carbonyl (C=O) groups is 1. The summed E-state index contributed by atoms with van der Waals surface area (Å²) in [6, 6.07) is 20.1. The van der Waals surface area contributed by atoms with Crippen LogP contribution in [0.5, 0.6) is 5.75 Å². The Morgan fingerprint density at radius 3 is 2.54 bits per heavy atom. The molecule has 1 amide bonds. The quantitative estimate of drug-likeness (QED) is 0.185. The van der Waals surface area contributed by atoms with E-state index in [2.05, 4.69) is 24.2 Å². The number of aromatic nitrogens is 2. The van der Waals surface area contributed by atoms with Gasteiger partial charge in [0.1, 0.15) is 5.75 Å². The first-order valence-electron chi connectivity index (χ1n) is 13.5. The van der Waals surface area contributed by atoms with Gasteiger partial charge < -0.3 is 4.74 Å². The molecule has 10 heteroatoms. The predicted molar refractivity (Wildman–Crippen MR) is 152 cm³/mol. The normalized spacial score (nSPS) is 12.2. The number of unbranched alkanes of at least 4 members (excludes halogenated alkanes) is 1. The molecule has 1 unspecified atom stereocenters. The average molecular weight is 582 g/mol. The van der Waals surface area contributed by atoms with Gasteiger partial charge in [0.05, 0.1) is 18.0 Å². The number of halogens is 2. The molecule has 0 aliphatic rings. The minimum Gasteiger partial charge on any atom is -0.493 e. The molecule has 4 aromatic rings. The molecule has 4 rings (SSSR count). The maximum absolute atomic E-state index is 13.5. The summed E-state index contributed by atoms with van der Waals surface area (Å²) in [5, 5.41) is 4.24. The highest BCUT2D eigenvalue weighted by molar-refractivity contribution is 7.90. The molecule has 216 valence electrons. The Morgan fingerprint density at radius 2 is 1.80 bits per heavy atom. The van der Waals surface area contributed by atoms with Crippen LogP contribution in [0.4, 0.5) is 8.78 Å². The van der Waals surface area contributed by atoms with Crippen LogP contribution < -0.4 is 9.46 Å². The molecule has 0 bridgehead atoms. The van der Waals surface area contributed by atoms with Crippen molar-refractivity contribution in [2.45, 2.75) is 56.4 Å². The van der Waals surface area contributed by atoms with Gasteiger partial charge in [0.2, 0.25) is 5.91 Å². The summed E-state index contributed by atoms with van der Waals surface area (Å²) in [6.45, 7) is 3.26. The second kappa shape index (κ2) is 14.0. The zero-order chi connectivity index (χ0) is 29.2. The lowest BCUT2D eigenvalue weighted by molar-refractivity contribution is -0.119. The third kappa shape index (κ3) is 8.72. The summed E-state index contributed by atoms with van der Waals surface area (Å²) >= 11 is 0. The van der Waals surface area contributed by atoms with E-state index in [9.17, 15) is 22.0 Å². The van der Waals surface area contributed by atoms with E-state index >= 15 is 0 Å². The van der Waals surface area contributed by atoms with Crippen LogP contribution in [0.25, 0.3) is 0 Å². The second-order valence-corrected chi connectivity index (χ2v) is 11.6. The fraction of sp³-hybridized carbons (Fsp3) is 0.290. The minimum absolute atomic E-state index is 0.146. The molecule has 0 saturated heterocycles. The summed E-state index contributed by atoms with van der Waals surface area (Å²) in [5.41, 5.74) is 3.04. The second-order valence-electron chi connectivity index (χ2n) is 9.91. The molecule has 1 atom stereocenters. The number of carbonyl (C=O) groups excluding carboxylic acids is 1. The van der Waals surface area contributed by atoms with Gasteiger partial charge in [-0.1, -0.05) is 49.4 Å². The molecule has 0 fully saturated rings. The Hall–Kier alpha value is -4.05. The van der Waals surface area contributed by atoms with Gasteiger partial charge in [-0.25, -0.2) is 21.9 Å². The highest BCUT2D eigenvalue weighted by atomic mass is 32.2. The molecular weight excluding hydrogens is 548 g/mol. The van der Waals surface area contributed by atoms with Crippen molar-refractivity contribution in [3.8, 4) is 5.75 Å². The number of aryl methyl sites for hydroxylation is 1. The first-order chi connectivity index (χ1) is 19.7. The average Bonchev–Trinajstić information content (AvgIpc) is 3.47. The van der Waals surface area contributed by atoms with Crippen molar-refractivity contribution < 1.29 is 26.7 Å². The lowest BCUT2D eigenvalue weighted by Crippen LogP contribution is -2.30. The van der Waals surface area contributed by atoms with Gasteiger partial charge in [0, 0.05) is 18.8 Å². The fourth-order valence-electron chi connectivity index (χ4n) is 4.45. The number of ether oxygens (including phenoxy) is 1. The Labute approximate surface area is 239 Å². The lowest BCUT2D eigenvalue weighted by atomic mass is 9.96. The van der Waals surface area contributed by atoms with Crippen LogP contribution in [0.2, 0.25) is 0 Å². The number of sulfonamides is 1. The van der Waals surface area contributed by atoms with Crippen LogP contribution in [0.1, 0.15) is 55.2 Å². The van der Waals surface area contributed by atoms with E-state index < -0.39 is 32.5 Å². The van der Waals surface area contributed by atoms with E-state index in [1.165, 1.54) is 5.56 Å². The molecule has 1 aromatic heterocycles. The van der Waals surface area contributed by atoms with Gasteiger partial charge in [-0.3, -0.25) is 9.48 Å². The molecule has 7 nitrogen and oxygen atoms in total. The number of nitrogens with one attached hydrogen (secondary N) is 1. The van der Waals surface area contributed by atoms with Gasteiger partial charge in [-0.2, -0.15) is 5.10 Å². The number of nitrogens with zero attached hydrogens (tertiary/aromatic N) is 2. The van der Waals surface area contributed by atoms with Crippen molar-refractivity contribution in [1.29, 1.82) is 0 Å². The van der Waals surface area contributed by atoms with Crippen molar-refractivity contribution >= 4 is 15.9 Å². The standard InChI is InChI=1S/C31H33F2N3O4S/c1-23(25-9-3-2-4-10-25)8-5-6-19-40-30-20-24(22-36-18-7-17-34-36)11-12-26(30)13-16-31(37)35-41(38,39)27-14-15-28(32)29(33)21-27/h2-4,7,9-12,14-15,17-18,20-21,23H,5-6,8,13,16,19,22H2,1H3,(H,35,37).